The maximum Gasteiger partial charge on any atom is 0.178 e. The van der Waals surface area contributed by atoms with Crippen LogP contribution in [0.25, 0.3) is 55.3 Å². The monoisotopic (exact) mass is 446 g/mol. The van der Waals surface area contributed by atoms with Crippen molar-refractivity contribution >= 4 is 39.1 Å². The highest BCUT2D eigenvalue weighted by molar-refractivity contribution is 7.14. The lowest BCUT2D eigenvalue weighted by Crippen LogP contribution is -1.94. The minimum Gasteiger partial charge on any atom is -0.397 e. The predicted octanol–water partition coefficient (Wildman–Crippen LogP) is 4.55. The number of pyridine rings is 3. The maximum atomic E-state index is 15.6. The van der Waals surface area contributed by atoms with E-state index in [-0.39, 0.29) is 21.9 Å². The Balaban J connectivity index is 1.55. The smallest absolute Gasteiger partial charge is 0.178 e. The number of fused-ring (bicyclic) bond motifs is 2. The van der Waals surface area contributed by atoms with Crippen LogP contribution in [0, 0.1) is 10.9 Å². The SMILES string of the molecule is Nc1cncc(-c2ncc3[nH]nc(-c4nc5nccc(-c6ccc(F)s6)c5[nH]4)c3c2F)c1. The van der Waals surface area contributed by atoms with Crippen LogP contribution < -0.4 is 5.73 Å². The Morgan fingerprint density at radius 2 is 1.91 bits per heavy atom. The van der Waals surface area contributed by atoms with E-state index in [9.17, 15) is 4.39 Å². The lowest BCUT2D eigenvalue weighted by Gasteiger charge is -2.04. The van der Waals surface area contributed by atoms with Crippen molar-refractivity contribution in [3.8, 4) is 33.2 Å². The molecule has 0 aliphatic carbocycles. The van der Waals surface area contributed by atoms with Gasteiger partial charge in [0.1, 0.15) is 11.4 Å². The van der Waals surface area contributed by atoms with E-state index in [1.165, 1.54) is 24.7 Å². The van der Waals surface area contributed by atoms with Gasteiger partial charge in [-0.3, -0.25) is 15.1 Å². The molecule has 11 heteroatoms. The summed E-state index contributed by atoms with van der Waals surface area (Å²) in [6.07, 6.45) is 6.05. The molecule has 0 bridgehead atoms. The Morgan fingerprint density at radius 1 is 1.00 bits per heavy atom. The van der Waals surface area contributed by atoms with E-state index in [2.05, 4.69) is 35.1 Å². The minimum atomic E-state index is -0.576. The lowest BCUT2D eigenvalue weighted by atomic mass is 10.1. The largest absolute Gasteiger partial charge is 0.397 e. The van der Waals surface area contributed by atoms with Crippen molar-refractivity contribution < 1.29 is 8.78 Å². The number of nitrogen functional groups attached to an aromatic ring is 1. The number of aromatic amines is 2. The van der Waals surface area contributed by atoms with Crippen LogP contribution in [-0.2, 0) is 0 Å². The number of nitrogens with zero attached hydrogens (tertiary/aromatic N) is 5. The standard InChI is InChI=1S/C21H12F2N8S/c22-14-2-1-13(32-14)11-3-4-26-20-18(11)28-21(29-20)19-15-12(30-31-19)8-27-17(16(15)23)9-5-10(24)7-25-6-9/h1-8H,24H2,(H,30,31)(H,26,28,29). The van der Waals surface area contributed by atoms with Gasteiger partial charge in [0.15, 0.2) is 22.4 Å². The van der Waals surface area contributed by atoms with E-state index in [0.717, 1.165) is 21.8 Å². The first kappa shape index (κ1) is 18.5. The number of anilines is 1. The second-order valence-corrected chi connectivity index (χ2v) is 8.07. The lowest BCUT2D eigenvalue weighted by molar-refractivity contribution is 0.638. The number of H-pyrrole nitrogens is 2. The quantitative estimate of drug-likeness (QED) is 0.367. The third-order valence-corrected chi connectivity index (χ3v) is 5.94. The molecule has 6 heterocycles. The minimum absolute atomic E-state index is 0.101. The Bertz CT molecular complexity index is 1630. The van der Waals surface area contributed by atoms with Gasteiger partial charge in [-0.05, 0) is 24.3 Å². The number of hydrogen-bond donors (Lipinski definition) is 3. The molecule has 0 amide bonds. The van der Waals surface area contributed by atoms with Gasteiger partial charge in [-0.25, -0.2) is 14.4 Å². The molecule has 6 aromatic heterocycles. The van der Waals surface area contributed by atoms with Crippen LogP contribution in [0.1, 0.15) is 0 Å². The van der Waals surface area contributed by atoms with E-state index in [4.69, 9.17) is 5.73 Å². The molecule has 0 radical (unpaired) electrons. The molecule has 6 rings (SSSR count). The molecule has 0 aromatic carbocycles. The molecule has 0 saturated carbocycles. The van der Waals surface area contributed by atoms with Crippen LogP contribution in [0.5, 0.6) is 0 Å². The first-order valence-corrected chi connectivity index (χ1v) is 10.2. The van der Waals surface area contributed by atoms with Crippen LogP contribution in [-0.4, -0.2) is 35.1 Å². The summed E-state index contributed by atoms with van der Waals surface area (Å²) in [6.45, 7) is 0. The Morgan fingerprint density at radius 3 is 2.72 bits per heavy atom. The zero-order valence-corrected chi connectivity index (χ0v) is 16.9. The van der Waals surface area contributed by atoms with Gasteiger partial charge in [0.05, 0.1) is 28.3 Å². The highest BCUT2D eigenvalue weighted by Gasteiger charge is 2.21. The topological polar surface area (TPSA) is 122 Å². The zero-order valence-electron chi connectivity index (χ0n) is 16.1. The highest BCUT2D eigenvalue weighted by atomic mass is 32.1. The van der Waals surface area contributed by atoms with E-state index >= 15 is 4.39 Å². The average molecular weight is 446 g/mol. The molecule has 0 fully saturated rings. The summed E-state index contributed by atoms with van der Waals surface area (Å²) >= 11 is 1.02. The Kier molecular flexibility index (Phi) is 3.98. The maximum absolute atomic E-state index is 15.6. The number of hydrogen-bond acceptors (Lipinski definition) is 7. The van der Waals surface area contributed by atoms with Gasteiger partial charge in [0, 0.05) is 34.6 Å². The Labute approximate surface area is 182 Å². The molecular formula is C21H12F2N8S. The summed E-state index contributed by atoms with van der Waals surface area (Å²) in [7, 11) is 0. The summed E-state index contributed by atoms with van der Waals surface area (Å²) < 4.78 is 29.1. The van der Waals surface area contributed by atoms with Gasteiger partial charge in [-0.2, -0.15) is 9.49 Å². The van der Waals surface area contributed by atoms with Crippen molar-refractivity contribution in [2.45, 2.75) is 0 Å². The van der Waals surface area contributed by atoms with Gasteiger partial charge in [-0.15, -0.1) is 11.3 Å². The van der Waals surface area contributed by atoms with Crippen molar-refractivity contribution in [1.82, 2.24) is 35.1 Å². The molecule has 0 aliphatic rings. The molecule has 156 valence electrons. The summed E-state index contributed by atoms with van der Waals surface area (Å²) in [5, 5.41) is 6.98. The van der Waals surface area contributed by atoms with Crippen LogP contribution in [0.4, 0.5) is 14.5 Å². The number of nitrogens with two attached hydrogens (primary N) is 1. The van der Waals surface area contributed by atoms with Gasteiger partial charge in [-0.1, -0.05) is 0 Å². The van der Waals surface area contributed by atoms with Crippen LogP contribution in [0.3, 0.4) is 0 Å². The van der Waals surface area contributed by atoms with Gasteiger partial charge >= 0.3 is 0 Å². The summed E-state index contributed by atoms with van der Waals surface area (Å²) in [4.78, 5) is 20.9. The molecule has 4 N–H and O–H groups in total. The molecular weight excluding hydrogens is 434 g/mol. The molecule has 0 aliphatic heterocycles. The van der Waals surface area contributed by atoms with Crippen molar-refractivity contribution in [2.75, 3.05) is 5.73 Å². The fourth-order valence-electron chi connectivity index (χ4n) is 3.62. The number of aromatic nitrogens is 7. The third kappa shape index (κ3) is 2.82. The van der Waals surface area contributed by atoms with E-state index in [1.807, 2.05) is 0 Å². The summed E-state index contributed by atoms with van der Waals surface area (Å²) in [5.41, 5.74) is 9.19. The van der Waals surface area contributed by atoms with Crippen molar-refractivity contribution in [3.05, 3.63) is 60.0 Å². The van der Waals surface area contributed by atoms with E-state index in [1.54, 1.807) is 24.4 Å². The number of thiophene rings is 1. The first-order valence-electron chi connectivity index (χ1n) is 9.43. The molecule has 32 heavy (non-hydrogen) atoms. The van der Waals surface area contributed by atoms with Crippen LogP contribution in [0.2, 0.25) is 0 Å². The second-order valence-electron chi connectivity index (χ2n) is 7.03. The summed E-state index contributed by atoms with van der Waals surface area (Å²) in [5.74, 6) is -0.252. The second kappa shape index (κ2) is 6.89. The van der Waals surface area contributed by atoms with E-state index < -0.39 is 5.82 Å². The average Bonchev–Trinajstić information content (AvgIpc) is 3.51. The van der Waals surface area contributed by atoms with Crippen LogP contribution >= 0.6 is 11.3 Å². The van der Waals surface area contributed by atoms with Crippen molar-refractivity contribution in [2.24, 2.45) is 0 Å². The zero-order chi connectivity index (χ0) is 21.8. The molecule has 0 spiro atoms. The van der Waals surface area contributed by atoms with Crippen LogP contribution in [0.15, 0.2) is 49.1 Å². The normalized spacial score (nSPS) is 11.6. The molecule has 0 unspecified atom stereocenters. The highest BCUT2D eigenvalue weighted by Crippen LogP contribution is 2.35. The third-order valence-electron chi connectivity index (χ3n) is 5.03. The fourth-order valence-corrected chi connectivity index (χ4v) is 4.38. The number of imidazole rings is 1. The van der Waals surface area contributed by atoms with Gasteiger partial charge < -0.3 is 10.7 Å². The predicted molar refractivity (Wildman–Crippen MR) is 118 cm³/mol. The molecule has 8 nitrogen and oxygen atoms in total. The molecule has 6 aromatic rings. The van der Waals surface area contributed by atoms with Crippen molar-refractivity contribution in [1.29, 1.82) is 0 Å². The number of nitrogens with one attached hydrogen (secondary N) is 2. The number of halogens is 2. The first-order chi connectivity index (χ1) is 15.6. The molecule has 0 saturated heterocycles. The summed E-state index contributed by atoms with van der Waals surface area (Å²) in [6, 6.07) is 6.46. The molecule has 0 atom stereocenters. The van der Waals surface area contributed by atoms with Crippen molar-refractivity contribution in [3.63, 3.8) is 0 Å². The van der Waals surface area contributed by atoms with Gasteiger partial charge in [0.25, 0.3) is 0 Å². The number of rotatable bonds is 3. The Hall–Kier alpha value is -4.25. The fraction of sp³-hybridized carbons (Fsp3) is 0. The van der Waals surface area contributed by atoms with Gasteiger partial charge in [0.2, 0.25) is 0 Å². The van der Waals surface area contributed by atoms with E-state index in [0.29, 0.717) is 33.8 Å².